The number of nitrogens with zero attached hydrogens (tertiary/aromatic N) is 5. The molecule has 136 valence electrons. The van der Waals surface area contributed by atoms with Gasteiger partial charge in [-0.1, -0.05) is 6.07 Å². The van der Waals surface area contributed by atoms with Crippen LogP contribution in [0.1, 0.15) is 30.7 Å². The summed E-state index contributed by atoms with van der Waals surface area (Å²) in [6.45, 7) is 4.66. The van der Waals surface area contributed by atoms with E-state index in [0.717, 1.165) is 56.1 Å². The van der Waals surface area contributed by atoms with Crippen LogP contribution in [0.4, 0.5) is 5.82 Å². The molecule has 4 heterocycles. The molecule has 1 amide bonds. The van der Waals surface area contributed by atoms with Gasteiger partial charge in [-0.3, -0.25) is 14.8 Å². The van der Waals surface area contributed by atoms with Gasteiger partial charge in [0.15, 0.2) is 0 Å². The summed E-state index contributed by atoms with van der Waals surface area (Å²) in [7, 11) is 0. The maximum Gasteiger partial charge on any atom is 0.222 e. The van der Waals surface area contributed by atoms with E-state index in [1.165, 1.54) is 0 Å². The molecule has 6 heteroatoms. The zero-order chi connectivity index (χ0) is 17.9. The fourth-order valence-corrected chi connectivity index (χ4v) is 4.33. The predicted octanol–water partition coefficient (Wildman–Crippen LogP) is 2.24. The number of aryl methyl sites for hydroxylation is 1. The van der Waals surface area contributed by atoms with Crippen LogP contribution in [0, 0.1) is 12.8 Å². The van der Waals surface area contributed by atoms with Gasteiger partial charge in [0.25, 0.3) is 0 Å². The first-order valence-electron chi connectivity index (χ1n) is 9.44. The van der Waals surface area contributed by atoms with Crippen molar-refractivity contribution in [2.45, 2.75) is 38.6 Å². The number of carbonyl (C=O) groups excluding carboxylic acids is 1. The highest BCUT2D eigenvalue weighted by Crippen LogP contribution is 2.33. The number of fused-ring (bicyclic) bond motifs is 1. The number of rotatable bonds is 4. The Morgan fingerprint density at radius 3 is 2.81 bits per heavy atom. The molecule has 0 bridgehead atoms. The third-order valence-corrected chi connectivity index (χ3v) is 5.63. The number of pyridine rings is 1. The zero-order valence-corrected chi connectivity index (χ0v) is 15.2. The second-order valence-electron chi connectivity index (χ2n) is 7.22. The molecular formula is C20H25N5O. The normalized spacial score (nSPS) is 23.0. The van der Waals surface area contributed by atoms with Crippen LogP contribution in [-0.2, 0) is 11.2 Å². The average Bonchev–Trinajstić information content (AvgIpc) is 2.68. The Morgan fingerprint density at radius 2 is 2.00 bits per heavy atom. The fraction of sp³-hybridized carbons (Fsp3) is 0.500. The monoisotopic (exact) mass is 351 g/mol. The molecular weight excluding hydrogens is 326 g/mol. The van der Waals surface area contributed by atoms with Crippen molar-refractivity contribution in [1.29, 1.82) is 0 Å². The lowest BCUT2D eigenvalue weighted by Crippen LogP contribution is -2.56. The molecule has 0 saturated carbocycles. The summed E-state index contributed by atoms with van der Waals surface area (Å²) in [6, 6.07) is 6.31. The largest absolute Gasteiger partial charge is 0.355 e. The molecule has 0 aromatic carbocycles. The average molecular weight is 351 g/mol. The van der Waals surface area contributed by atoms with Gasteiger partial charge in [-0.2, -0.15) is 0 Å². The van der Waals surface area contributed by atoms with E-state index in [9.17, 15) is 4.79 Å². The number of amides is 1. The summed E-state index contributed by atoms with van der Waals surface area (Å²) < 4.78 is 0. The summed E-state index contributed by atoms with van der Waals surface area (Å²) in [6.07, 6.45) is 8.76. The highest BCUT2D eigenvalue weighted by Gasteiger charge is 2.39. The summed E-state index contributed by atoms with van der Waals surface area (Å²) in [5.74, 6) is 1.79. The Labute approximate surface area is 154 Å². The van der Waals surface area contributed by atoms with Gasteiger partial charge < -0.3 is 9.80 Å². The minimum absolute atomic E-state index is 0.298. The molecule has 2 atom stereocenters. The third-order valence-electron chi connectivity index (χ3n) is 5.63. The smallest absolute Gasteiger partial charge is 0.222 e. The van der Waals surface area contributed by atoms with Crippen LogP contribution in [-0.4, -0.2) is 51.4 Å². The molecule has 2 aromatic rings. The van der Waals surface area contributed by atoms with Crippen molar-refractivity contribution in [3.05, 3.63) is 48.2 Å². The standard InChI is InChI=1S/C20H25N5O/c1-15-20(23-11-10-21-15)24-12-8-18-16(14-24)5-6-19(26)25(18)13-7-17-4-2-3-9-22-17/h2-4,9-11,16,18H,5-8,12-14H2,1H3/t16-,18+/m1/s1. The Hall–Kier alpha value is -2.50. The summed E-state index contributed by atoms with van der Waals surface area (Å²) >= 11 is 0. The number of carbonyl (C=O) groups is 1. The van der Waals surface area contributed by atoms with E-state index >= 15 is 0 Å². The topological polar surface area (TPSA) is 62.2 Å². The van der Waals surface area contributed by atoms with E-state index < -0.39 is 0 Å². The first kappa shape index (κ1) is 16.9. The van der Waals surface area contributed by atoms with E-state index in [0.29, 0.717) is 24.3 Å². The molecule has 0 aliphatic carbocycles. The zero-order valence-electron chi connectivity index (χ0n) is 15.2. The van der Waals surface area contributed by atoms with Crippen molar-refractivity contribution in [3.8, 4) is 0 Å². The van der Waals surface area contributed by atoms with Crippen molar-refractivity contribution in [3.63, 3.8) is 0 Å². The molecule has 2 saturated heterocycles. The van der Waals surface area contributed by atoms with Crippen LogP contribution < -0.4 is 4.90 Å². The second-order valence-corrected chi connectivity index (χ2v) is 7.22. The SMILES string of the molecule is Cc1nccnc1N1CC[C@H]2[C@H](CCC(=O)N2CCc2ccccn2)C1. The molecule has 0 radical (unpaired) electrons. The van der Waals surface area contributed by atoms with Crippen molar-refractivity contribution >= 4 is 11.7 Å². The van der Waals surface area contributed by atoms with E-state index in [-0.39, 0.29) is 0 Å². The van der Waals surface area contributed by atoms with E-state index in [1.807, 2.05) is 31.3 Å². The van der Waals surface area contributed by atoms with Crippen LogP contribution in [0.5, 0.6) is 0 Å². The Bertz CT molecular complexity index is 766. The Balaban J connectivity index is 1.44. The molecule has 0 N–H and O–H groups in total. The molecule has 6 nitrogen and oxygen atoms in total. The van der Waals surface area contributed by atoms with E-state index in [2.05, 4.69) is 24.8 Å². The lowest BCUT2D eigenvalue weighted by Gasteiger charge is -2.47. The van der Waals surface area contributed by atoms with Gasteiger partial charge >= 0.3 is 0 Å². The first-order chi connectivity index (χ1) is 12.7. The van der Waals surface area contributed by atoms with Gasteiger partial charge in [0, 0.05) is 62.8 Å². The lowest BCUT2D eigenvalue weighted by atomic mass is 9.83. The minimum atomic E-state index is 0.298. The highest BCUT2D eigenvalue weighted by molar-refractivity contribution is 5.77. The maximum absolute atomic E-state index is 12.5. The molecule has 0 spiro atoms. The summed E-state index contributed by atoms with van der Waals surface area (Å²) in [5.41, 5.74) is 2.03. The van der Waals surface area contributed by atoms with Crippen LogP contribution in [0.25, 0.3) is 0 Å². The van der Waals surface area contributed by atoms with E-state index in [4.69, 9.17) is 0 Å². The van der Waals surface area contributed by atoms with Gasteiger partial charge in [-0.25, -0.2) is 4.98 Å². The van der Waals surface area contributed by atoms with Crippen LogP contribution in [0.2, 0.25) is 0 Å². The number of hydrogen-bond donors (Lipinski definition) is 0. The van der Waals surface area contributed by atoms with Crippen molar-refractivity contribution in [2.24, 2.45) is 5.92 Å². The van der Waals surface area contributed by atoms with Crippen LogP contribution in [0.15, 0.2) is 36.8 Å². The summed E-state index contributed by atoms with van der Waals surface area (Å²) in [5, 5.41) is 0. The third kappa shape index (κ3) is 3.41. The lowest BCUT2D eigenvalue weighted by molar-refractivity contribution is -0.139. The molecule has 2 fully saturated rings. The second kappa shape index (κ2) is 7.40. The minimum Gasteiger partial charge on any atom is -0.355 e. The van der Waals surface area contributed by atoms with Gasteiger partial charge in [0.2, 0.25) is 5.91 Å². The molecule has 4 rings (SSSR count). The van der Waals surface area contributed by atoms with Crippen molar-refractivity contribution < 1.29 is 4.79 Å². The quantitative estimate of drug-likeness (QED) is 0.845. The number of aromatic nitrogens is 3. The molecule has 26 heavy (non-hydrogen) atoms. The molecule has 0 unspecified atom stereocenters. The van der Waals surface area contributed by atoms with Gasteiger partial charge in [0.1, 0.15) is 5.82 Å². The first-order valence-corrected chi connectivity index (χ1v) is 9.44. The highest BCUT2D eigenvalue weighted by atomic mass is 16.2. The summed E-state index contributed by atoms with van der Waals surface area (Å²) in [4.78, 5) is 30.3. The van der Waals surface area contributed by atoms with Crippen molar-refractivity contribution in [2.75, 3.05) is 24.5 Å². The van der Waals surface area contributed by atoms with Gasteiger partial charge in [-0.15, -0.1) is 0 Å². The van der Waals surface area contributed by atoms with Crippen LogP contribution in [0.3, 0.4) is 0 Å². The number of likely N-dealkylation sites (tertiary alicyclic amines) is 1. The van der Waals surface area contributed by atoms with E-state index in [1.54, 1.807) is 12.4 Å². The molecule has 2 aromatic heterocycles. The molecule has 2 aliphatic rings. The Kier molecular flexibility index (Phi) is 4.82. The molecule has 2 aliphatic heterocycles. The Morgan fingerprint density at radius 1 is 1.12 bits per heavy atom. The maximum atomic E-state index is 12.5. The number of piperidine rings is 2. The van der Waals surface area contributed by atoms with Gasteiger partial charge in [-0.05, 0) is 37.8 Å². The number of anilines is 1. The number of hydrogen-bond acceptors (Lipinski definition) is 5. The van der Waals surface area contributed by atoms with Crippen LogP contribution >= 0.6 is 0 Å². The fourth-order valence-electron chi connectivity index (χ4n) is 4.33. The van der Waals surface area contributed by atoms with Gasteiger partial charge in [0.05, 0.1) is 5.69 Å². The van der Waals surface area contributed by atoms with Crippen molar-refractivity contribution in [1.82, 2.24) is 19.9 Å². The predicted molar refractivity (Wildman–Crippen MR) is 99.8 cm³/mol.